The second kappa shape index (κ2) is 7.45. The van der Waals surface area contributed by atoms with Gasteiger partial charge >= 0.3 is 5.69 Å². The Bertz CT molecular complexity index is 1020. The summed E-state index contributed by atoms with van der Waals surface area (Å²) in [6.07, 6.45) is 0. The lowest BCUT2D eigenvalue weighted by Gasteiger charge is -2.35. The van der Waals surface area contributed by atoms with Gasteiger partial charge in [0.2, 0.25) is 0 Å². The summed E-state index contributed by atoms with van der Waals surface area (Å²) < 4.78 is 0. The number of H-pyrrole nitrogens is 2. The lowest BCUT2D eigenvalue weighted by Crippen LogP contribution is -2.51. The van der Waals surface area contributed by atoms with Gasteiger partial charge in [-0.3, -0.25) is 19.4 Å². The fraction of sp³-hybridized carbons (Fsp3) is 0.250. The Kier molecular flexibility index (Phi) is 5.24. The normalized spacial score (nSPS) is 14.3. The van der Waals surface area contributed by atoms with Crippen LogP contribution in [0.2, 0.25) is 10.0 Å². The molecule has 0 atom stereocenters. The molecule has 0 aliphatic carbocycles. The smallest absolute Gasteiger partial charge is 0.326 e. The number of anilines is 1. The SMILES string of the molecule is Nc1c(C(=O)N2CCN(C(=O)c3cccc(Cl)c3Cl)CC2)[nH]c(=O)[nH]c1=O. The number of halogens is 2. The minimum absolute atomic E-state index is 0.177. The third-order valence-corrected chi connectivity index (χ3v) is 5.05. The number of aromatic nitrogens is 2. The summed E-state index contributed by atoms with van der Waals surface area (Å²) in [6.45, 7) is 0.912. The highest BCUT2D eigenvalue weighted by Crippen LogP contribution is 2.26. The molecule has 3 rings (SSSR count). The van der Waals surface area contributed by atoms with Crippen molar-refractivity contribution in [3.05, 3.63) is 60.3 Å². The second-order valence-corrected chi connectivity index (χ2v) is 6.67. The number of amides is 2. The molecule has 1 fully saturated rings. The summed E-state index contributed by atoms with van der Waals surface area (Å²) in [6, 6.07) is 4.80. The van der Waals surface area contributed by atoms with Crippen molar-refractivity contribution < 1.29 is 9.59 Å². The van der Waals surface area contributed by atoms with Crippen molar-refractivity contribution in [1.29, 1.82) is 0 Å². The molecule has 2 aromatic rings. The number of piperazine rings is 1. The molecule has 0 spiro atoms. The number of nitrogens with one attached hydrogen (secondary N) is 2. The van der Waals surface area contributed by atoms with E-state index >= 15 is 0 Å². The first kappa shape index (κ1) is 19.0. The Hall–Kier alpha value is -2.78. The molecule has 1 aliphatic heterocycles. The molecular formula is C16H15Cl2N5O4. The van der Waals surface area contributed by atoms with E-state index in [0.717, 1.165) is 0 Å². The zero-order valence-electron chi connectivity index (χ0n) is 13.9. The number of carbonyl (C=O) groups excluding carboxylic acids is 2. The van der Waals surface area contributed by atoms with Gasteiger partial charge < -0.3 is 20.5 Å². The van der Waals surface area contributed by atoms with Gasteiger partial charge in [-0.1, -0.05) is 29.3 Å². The minimum atomic E-state index is -0.827. The predicted octanol–water partition coefficient (Wildman–Crippen LogP) is 0.550. The van der Waals surface area contributed by atoms with Gasteiger partial charge in [-0.15, -0.1) is 0 Å². The van der Waals surface area contributed by atoms with Crippen LogP contribution >= 0.6 is 23.2 Å². The average molecular weight is 412 g/mol. The molecular weight excluding hydrogens is 397 g/mol. The van der Waals surface area contributed by atoms with Crippen LogP contribution in [0.25, 0.3) is 0 Å². The predicted molar refractivity (Wildman–Crippen MR) is 100 cm³/mol. The first-order chi connectivity index (χ1) is 12.8. The molecule has 0 radical (unpaired) electrons. The Labute approximate surface area is 162 Å². The van der Waals surface area contributed by atoms with Crippen molar-refractivity contribution in [2.24, 2.45) is 0 Å². The zero-order chi connectivity index (χ0) is 19.7. The Morgan fingerprint density at radius 2 is 1.56 bits per heavy atom. The number of rotatable bonds is 2. The Morgan fingerprint density at radius 3 is 2.19 bits per heavy atom. The van der Waals surface area contributed by atoms with E-state index < -0.39 is 17.2 Å². The van der Waals surface area contributed by atoms with Gasteiger partial charge in [0.25, 0.3) is 17.4 Å². The van der Waals surface area contributed by atoms with E-state index in [-0.39, 0.29) is 59.1 Å². The number of benzene rings is 1. The fourth-order valence-corrected chi connectivity index (χ4v) is 3.16. The van der Waals surface area contributed by atoms with Gasteiger partial charge in [-0.2, -0.15) is 0 Å². The lowest BCUT2D eigenvalue weighted by molar-refractivity contribution is 0.0532. The molecule has 0 bridgehead atoms. The van der Waals surface area contributed by atoms with E-state index in [4.69, 9.17) is 28.9 Å². The molecule has 1 saturated heterocycles. The van der Waals surface area contributed by atoms with Crippen molar-refractivity contribution in [1.82, 2.24) is 19.8 Å². The number of hydrogen-bond acceptors (Lipinski definition) is 5. The molecule has 9 nitrogen and oxygen atoms in total. The van der Waals surface area contributed by atoms with Crippen LogP contribution in [0.1, 0.15) is 20.8 Å². The van der Waals surface area contributed by atoms with E-state index in [2.05, 4.69) is 4.98 Å². The quantitative estimate of drug-likeness (QED) is 0.663. The van der Waals surface area contributed by atoms with E-state index in [1.165, 1.54) is 4.90 Å². The number of nitrogens with zero attached hydrogens (tertiary/aromatic N) is 2. The highest BCUT2D eigenvalue weighted by Gasteiger charge is 2.28. The maximum atomic E-state index is 12.6. The first-order valence-electron chi connectivity index (χ1n) is 7.94. The lowest BCUT2D eigenvalue weighted by atomic mass is 10.1. The van der Waals surface area contributed by atoms with Crippen LogP contribution in [-0.4, -0.2) is 57.8 Å². The molecule has 1 aliphatic rings. The van der Waals surface area contributed by atoms with Gasteiger partial charge in [-0.25, -0.2) is 4.79 Å². The Balaban J connectivity index is 1.73. The van der Waals surface area contributed by atoms with Crippen molar-refractivity contribution in [2.75, 3.05) is 31.9 Å². The van der Waals surface area contributed by atoms with Crippen LogP contribution < -0.4 is 17.0 Å². The fourth-order valence-electron chi connectivity index (χ4n) is 2.77. The highest BCUT2D eigenvalue weighted by molar-refractivity contribution is 6.43. The Morgan fingerprint density at radius 1 is 0.963 bits per heavy atom. The van der Waals surface area contributed by atoms with E-state index in [0.29, 0.717) is 0 Å². The number of carbonyl (C=O) groups is 2. The van der Waals surface area contributed by atoms with E-state index in [1.54, 1.807) is 23.1 Å². The molecule has 2 amide bonds. The average Bonchev–Trinajstić information content (AvgIpc) is 2.66. The van der Waals surface area contributed by atoms with E-state index in [1.807, 2.05) is 4.98 Å². The van der Waals surface area contributed by atoms with Crippen LogP contribution in [0.5, 0.6) is 0 Å². The molecule has 27 heavy (non-hydrogen) atoms. The summed E-state index contributed by atoms with van der Waals surface area (Å²) in [7, 11) is 0. The summed E-state index contributed by atoms with van der Waals surface area (Å²) in [5.74, 6) is -0.873. The maximum absolute atomic E-state index is 12.6. The zero-order valence-corrected chi connectivity index (χ0v) is 15.4. The molecule has 142 valence electrons. The summed E-state index contributed by atoms with van der Waals surface area (Å²) in [5, 5.41) is 0.460. The van der Waals surface area contributed by atoms with Gasteiger partial charge in [0.15, 0.2) is 0 Å². The molecule has 0 saturated carbocycles. The number of nitrogen functional groups attached to an aromatic ring is 1. The third-order valence-electron chi connectivity index (χ3n) is 4.23. The molecule has 1 aromatic carbocycles. The largest absolute Gasteiger partial charge is 0.392 e. The minimum Gasteiger partial charge on any atom is -0.392 e. The van der Waals surface area contributed by atoms with Crippen LogP contribution in [0, 0.1) is 0 Å². The first-order valence-corrected chi connectivity index (χ1v) is 8.70. The van der Waals surface area contributed by atoms with Crippen LogP contribution in [0.15, 0.2) is 27.8 Å². The highest BCUT2D eigenvalue weighted by atomic mass is 35.5. The van der Waals surface area contributed by atoms with Crippen molar-refractivity contribution in [3.63, 3.8) is 0 Å². The van der Waals surface area contributed by atoms with Crippen molar-refractivity contribution in [3.8, 4) is 0 Å². The maximum Gasteiger partial charge on any atom is 0.326 e. The molecule has 2 heterocycles. The molecule has 1 aromatic heterocycles. The van der Waals surface area contributed by atoms with Gasteiger partial charge in [0.05, 0.1) is 15.6 Å². The monoisotopic (exact) mass is 411 g/mol. The number of aromatic amines is 2. The molecule has 4 N–H and O–H groups in total. The van der Waals surface area contributed by atoms with Crippen molar-refractivity contribution >= 4 is 40.7 Å². The van der Waals surface area contributed by atoms with Crippen LogP contribution in [-0.2, 0) is 0 Å². The van der Waals surface area contributed by atoms with Gasteiger partial charge in [-0.05, 0) is 12.1 Å². The second-order valence-electron chi connectivity index (χ2n) is 5.88. The third kappa shape index (κ3) is 3.69. The van der Waals surface area contributed by atoms with E-state index in [9.17, 15) is 19.2 Å². The number of hydrogen-bond donors (Lipinski definition) is 3. The molecule has 0 unspecified atom stereocenters. The van der Waals surface area contributed by atoms with Crippen LogP contribution in [0.3, 0.4) is 0 Å². The summed E-state index contributed by atoms with van der Waals surface area (Å²) >= 11 is 12.0. The van der Waals surface area contributed by atoms with Gasteiger partial charge in [0, 0.05) is 26.2 Å². The van der Waals surface area contributed by atoms with Crippen molar-refractivity contribution in [2.45, 2.75) is 0 Å². The van der Waals surface area contributed by atoms with Gasteiger partial charge in [0.1, 0.15) is 11.4 Å². The summed E-state index contributed by atoms with van der Waals surface area (Å²) in [4.78, 5) is 55.3. The standard InChI is InChI=1S/C16H15Cl2N5O4/c17-9-3-1-2-8(10(9)18)14(25)22-4-6-23(7-5-22)15(26)12-11(19)13(24)21-16(27)20-12/h1-3H,4-7,19H2,(H2,20,21,24,27). The summed E-state index contributed by atoms with van der Waals surface area (Å²) in [5.41, 5.74) is 3.61. The topological polar surface area (TPSA) is 132 Å². The molecule has 11 heteroatoms. The number of nitrogens with two attached hydrogens (primary N) is 1. The van der Waals surface area contributed by atoms with Crippen LogP contribution in [0.4, 0.5) is 5.69 Å².